The molecule has 0 bridgehead atoms. The zero-order chi connectivity index (χ0) is 14.8. The summed E-state index contributed by atoms with van der Waals surface area (Å²) in [5, 5.41) is 18.8. The molecule has 0 aromatic heterocycles. The van der Waals surface area contributed by atoms with Gasteiger partial charge < -0.3 is 19.1 Å². The van der Waals surface area contributed by atoms with Crippen molar-refractivity contribution in [1.29, 1.82) is 0 Å². The second-order valence-corrected chi connectivity index (χ2v) is 5.38. The van der Waals surface area contributed by atoms with E-state index in [-0.39, 0.29) is 10.6 Å². The topological polar surface area (TPSA) is 93.1 Å². The molecule has 0 aliphatic rings. The first-order valence-corrected chi connectivity index (χ1v) is 6.94. The van der Waals surface area contributed by atoms with Crippen LogP contribution in [0.15, 0.2) is 47.4 Å². The smallest absolute Gasteiger partial charge is 0.339 e. The van der Waals surface area contributed by atoms with Gasteiger partial charge in [-0.3, -0.25) is 0 Å². The van der Waals surface area contributed by atoms with Crippen molar-refractivity contribution in [2.75, 3.05) is 7.11 Å². The first-order valence-electron chi connectivity index (χ1n) is 5.53. The van der Waals surface area contributed by atoms with E-state index in [4.69, 9.17) is 8.92 Å². The molecule has 0 aliphatic carbocycles. The Kier molecular flexibility index (Phi) is 3.71. The van der Waals surface area contributed by atoms with Gasteiger partial charge in [0.05, 0.1) is 7.11 Å². The molecule has 2 aromatic rings. The van der Waals surface area contributed by atoms with Crippen LogP contribution in [-0.4, -0.2) is 25.7 Å². The fourth-order valence-corrected chi connectivity index (χ4v) is 2.42. The zero-order valence-electron chi connectivity index (χ0n) is 10.5. The molecule has 0 unspecified atom stereocenters. The molecular formula is C13H12O6S. The van der Waals surface area contributed by atoms with Crippen molar-refractivity contribution in [3.63, 3.8) is 0 Å². The predicted octanol–water partition coefficient (Wildman–Crippen LogP) is 1.87. The van der Waals surface area contributed by atoms with Crippen LogP contribution in [0.4, 0.5) is 0 Å². The van der Waals surface area contributed by atoms with E-state index in [0.717, 1.165) is 0 Å². The summed E-state index contributed by atoms with van der Waals surface area (Å²) in [6, 6.07) is 9.37. The Morgan fingerprint density at radius 2 is 1.65 bits per heavy atom. The molecule has 0 amide bonds. The van der Waals surface area contributed by atoms with Gasteiger partial charge in [-0.15, -0.1) is 0 Å². The van der Waals surface area contributed by atoms with Gasteiger partial charge in [0.25, 0.3) is 0 Å². The monoisotopic (exact) mass is 296 g/mol. The summed E-state index contributed by atoms with van der Waals surface area (Å²) in [7, 11) is -2.64. The third-order valence-electron chi connectivity index (χ3n) is 2.53. The minimum Gasteiger partial charge on any atom is -0.504 e. The lowest BCUT2D eigenvalue weighted by atomic mass is 10.3. The van der Waals surface area contributed by atoms with Gasteiger partial charge >= 0.3 is 10.1 Å². The fraction of sp³-hybridized carbons (Fsp3) is 0.0769. The molecular weight excluding hydrogens is 284 g/mol. The fourth-order valence-electron chi connectivity index (χ4n) is 1.49. The van der Waals surface area contributed by atoms with Crippen molar-refractivity contribution in [2.45, 2.75) is 4.90 Å². The summed E-state index contributed by atoms with van der Waals surface area (Å²) in [6.07, 6.45) is 0. The molecule has 0 radical (unpaired) electrons. The van der Waals surface area contributed by atoms with Crippen LogP contribution in [0.1, 0.15) is 0 Å². The third kappa shape index (κ3) is 2.77. The van der Waals surface area contributed by atoms with E-state index in [2.05, 4.69) is 0 Å². The van der Waals surface area contributed by atoms with Crippen LogP contribution in [0.25, 0.3) is 0 Å². The first kappa shape index (κ1) is 14.0. The molecule has 2 aromatic carbocycles. The van der Waals surface area contributed by atoms with Crippen LogP contribution in [0, 0.1) is 0 Å². The number of phenols is 2. The van der Waals surface area contributed by atoms with Crippen LogP contribution < -0.4 is 8.92 Å². The number of phenolic OH excluding ortho intramolecular Hbond substituents is 2. The van der Waals surface area contributed by atoms with Crippen molar-refractivity contribution >= 4 is 10.1 Å². The van der Waals surface area contributed by atoms with E-state index >= 15 is 0 Å². The lowest BCUT2D eigenvalue weighted by Crippen LogP contribution is -2.09. The second-order valence-electron chi connectivity index (χ2n) is 3.84. The van der Waals surface area contributed by atoms with Gasteiger partial charge in [-0.1, -0.05) is 6.07 Å². The molecule has 0 saturated heterocycles. The summed E-state index contributed by atoms with van der Waals surface area (Å²) < 4.78 is 33.7. The van der Waals surface area contributed by atoms with Crippen molar-refractivity contribution in [3.8, 4) is 23.0 Å². The molecule has 0 fully saturated rings. The highest BCUT2D eigenvalue weighted by Crippen LogP contribution is 2.36. The summed E-state index contributed by atoms with van der Waals surface area (Å²) in [6.45, 7) is 0. The lowest BCUT2D eigenvalue weighted by Gasteiger charge is -2.09. The van der Waals surface area contributed by atoms with Gasteiger partial charge in [0, 0.05) is 0 Å². The predicted molar refractivity (Wildman–Crippen MR) is 70.6 cm³/mol. The number of methoxy groups -OCH3 is 1. The standard InChI is InChI=1S/C13H12O6S/c1-18-9-5-7-10(8-6-9)20(16,17)19-12-4-2-3-11(14)13(12)15/h2-8,14-15H,1H3. The van der Waals surface area contributed by atoms with E-state index in [1.54, 1.807) is 0 Å². The lowest BCUT2D eigenvalue weighted by molar-refractivity contribution is 0.383. The van der Waals surface area contributed by atoms with Crippen LogP contribution >= 0.6 is 0 Å². The molecule has 0 spiro atoms. The van der Waals surface area contributed by atoms with Gasteiger partial charge in [-0.2, -0.15) is 8.42 Å². The maximum absolute atomic E-state index is 12.0. The second kappa shape index (κ2) is 5.30. The summed E-state index contributed by atoms with van der Waals surface area (Å²) in [4.78, 5) is -0.0963. The van der Waals surface area contributed by atoms with Crippen LogP contribution in [0.5, 0.6) is 23.0 Å². The minimum atomic E-state index is -4.10. The minimum absolute atomic E-state index is 0.0963. The van der Waals surface area contributed by atoms with E-state index in [1.165, 1.54) is 49.6 Å². The van der Waals surface area contributed by atoms with E-state index in [1.807, 2.05) is 0 Å². The third-order valence-corrected chi connectivity index (χ3v) is 3.77. The first-order chi connectivity index (χ1) is 9.44. The maximum Gasteiger partial charge on any atom is 0.339 e. The Morgan fingerprint density at radius 1 is 1.00 bits per heavy atom. The number of para-hydroxylation sites is 1. The normalized spacial score (nSPS) is 11.1. The molecule has 6 nitrogen and oxygen atoms in total. The Bertz CT molecular complexity index is 706. The van der Waals surface area contributed by atoms with Gasteiger partial charge in [-0.25, -0.2) is 0 Å². The Labute approximate surface area is 116 Å². The molecule has 7 heteroatoms. The Hall–Kier alpha value is -2.41. The zero-order valence-corrected chi connectivity index (χ0v) is 11.3. The van der Waals surface area contributed by atoms with Crippen molar-refractivity contribution in [1.82, 2.24) is 0 Å². The highest BCUT2D eigenvalue weighted by atomic mass is 32.2. The van der Waals surface area contributed by atoms with Gasteiger partial charge in [-0.05, 0) is 36.4 Å². The van der Waals surface area contributed by atoms with Crippen LogP contribution in [-0.2, 0) is 10.1 Å². The Balaban J connectivity index is 2.33. The largest absolute Gasteiger partial charge is 0.504 e. The Morgan fingerprint density at radius 3 is 2.25 bits per heavy atom. The maximum atomic E-state index is 12.0. The van der Waals surface area contributed by atoms with Gasteiger partial charge in [0.15, 0.2) is 11.5 Å². The van der Waals surface area contributed by atoms with Gasteiger partial charge in [0.1, 0.15) is 10.6 Å². The average Bonchev–Trinajstić information content (AvgIpc) is 2.44. The number of hydrogen-bond acceptors (Lipinski definition) is 6. The van der Waals surface area contributed by atoms with E-state index in [0.29, 0.717) is 5.75 Å². The van der Waals surface area contributed by atoms with Crippen molar-refractivity contribution in [2.24, 2.45) is 0 Å². The number of rotatable bonds is 4. The van der Waals surface area contributed by atoms with Crippen LogP contribution in [0.2, 0.25) is 0 Å². The summed E-state index contributed by atoms with van der Waals surface area (Å²) in [5.74, 6) is -0.943. The molecule has 2 rings (SSSR count). The molecule has 2 N–H and O–H groups in total. The van der Waals surface area contributed by atoms with Crippen molar-refractivity contribution in [3.05, 3.63) is 42.5 Å². The molecule has 0 atom stereocenters. The highest BCUT2D eigenvalue weighted by molar-refractivity contribution is 7.87. The molecule has 106 valence electrons. The van der Waals surface area contributed by atoms with Gasteiger partial charge in [0.2, 0.25) is 5.75 Å². The number of aromatic hydroxyl groups is 2. The SMILES string of the molecule is COc1ccc(S(=O)(=O)Oc2cccc(O)c2O)cc1. The van der Waals surface area contributed by atoms with Crippen molar-refractivity contribution < 1.29 is 27.6 Å². The number of hydrogen-bond donors (Lipinski definition) is 2. The van der Waals surface area contributed by atoms with Crippen LogP contribution in [0.3, 0.4) is 0 Å². The molecule has 20 heavy (non-hydrogen) atoms. The molecule has 0 heterocycles. The quantitative estimate of drug-likeness (QED) is 0.661. The average molecular weight is 296 g/mol. The summed E-state index contributed by atoms with van der Waals surface area (Å²) in [5.41, 5.74) is 0. The molecule has 0 aliphatic heterocycles. The van der Waals surface area contributed by atoms with E-state index < -0.39 is 21.6 Å². The summed E-state index contributed by atoms with van der Waals surface area (Å²) >= 11 is 0. The highest BCUT2D eigenvalue weighted by Gasteiger charge is 2.19. The number of ether oxygens (including phenoxy) is 1. The molecule has 0 saturated carbocycles. The van der Waals surface area contributed by atoms with E-state index in [9.17, 15) is 18.6 Å². The number of benzene rings is 2.